The predicted molar refractivity (Wildman–Crippen MR) is 114 cm³/mol. The second-order valence-electron chi connectivity index (χ2n) is 6.58. The molecule has 8 nitrogen and oxygen atoms in total. The lowest BCUT2D eigenvalue weighted by Crippen LogP contribution is -2.32. The summed E-state index contributed by atoms with van der Waals surface area (Å²) in [6.45, 7) is 0.195. The number of benzene rings is 2. The van der Waals surface area contributed by atoms with E-state index in [4.69, 9.17) is 0 Å². The van der Waals surface area contributed by atoms with Gasteiger partial charge in [-0.3, -0.25) is 24.3 Å². The van der Waals surface area contributed by atoms with E-state index in [0.717, 1.165) is 5.56 Å². The first-order valence-corrected chi connectivity index (χ1v) is 9.93. The summed E-state index contributed by atoms with van der Waals surface area (Å²) >= 11 is 1.28. The second kappa shape index (κ2) is 8.26. The van der Waals surface area contributed by atoms with Crippen LogP contribution in [-0.4, -0.2) is 20.4 Å². The van der Waals surface area contributed by atoms with Gasteiger partial charge in [0.2, 0.25) is 5.91 Å². The van der Waals surface area contributed by atoms with Crippen LogP contribution < -0.4 is 10.9 Å². The zero-order valence-corrected chi connectivity index (χ0v) is 16.5. The van der Waals surface area contributed by atoms with Gasteiger partial charge in [-0.2, -0.15) is 0 Å². The highest BCUT2D eigenvalue weighted by Crippen LogP contribution is 2.32. The molecule has 0 aliphatic rings. The molecule has 2 aromatic heterocycles. The van der Waals surface area contributed by atoms with Crippen LogP contribution in [0.25, 0.3) is 21.3 Å². The molecule has 0 unspecified atom stereocenters. The lowest BCUT2D eigenvalue weighted by atomic mass is 10.1. The molecule has 4 aromatic rings. The summed E-state index contributed by atoms with van der Waals surface area (Å²) < 4.78 is 1.25. The minimum atomic E-state index is -0.480. The Balaban J connectivity index is 1.62. The Morgan fingerprint density at radius 1 is 1.17 bits per heavy atom. The van der Waals surface area contributed by atoms with Crippen LogP contribution in [0.2, 0.25) is 0 Å². The van der Waals surface area contributed by atoms with Crippen molar-refractivity contribution in [2.45, 2.75) is 13.1 Å². The number of aromatic nitrogens is 2. The minimum absolute atomic E-state index is 0.0589. The van der Waals surface area contributed by atoms with E-state index >= 15 is 0 Å². The molecule has 0 aliphatic heterocycles. The monoisotopic (exact) mass is 420 g/mol. The molecule has 0 radical (unpaired) electrons. The minimum Gasteiger partial charge on any atom is -0.350 e. The summed E-state index contributed by atoms with van der Waals surface area (Å²) in [5.74, 6) is -0.311. The Labute approximate surface area is 174 Å². The molecule has 0 saturated heterocycles. The van der Waals surface area contributed by atoms with Crippen molar-refractivity contribution in [3.05, 3.63) is 92.3 Å². The van der Waals surface area contributed by atoms with Crippen molar-refractivity contribution in [1.82, 2.24) is 14.9 Å². The third kappa shape index (κ3) is 3.96. The van der Waals surface area contributed by atoms with E-state index in [1.165, 1.54) is 34.4 Å². The van der Waals surface area contributed by atoms with Gasteiger partial charge < -0.3 is 5.32 Å². The first kappa shape index (κ1) is 19.5. The van der Waals surface area contributed by atoms with Crippen molar-refractivity contribution in [3.8, 4) is 11.1 Å². The van der Waals surface area contributed by atoms with Crippen LogP contribution in [0.5, 0.6) is 0 Å². The number of hydrogen-bond donors (Lipinski definition) is 1. The molecule has 9 heteroatoms. The van der Waals surface area contributed by atoms with Gasteiger partial charge in [0.15, 0.2) is 0 Å². The van der Waals surface area contributed by atoms with Crippen LogP contribution in [0, 0.1) is 10.1 Å². The maximum Gasteiger partial charge on any atom is 0.270 e. The van der Waals surface area contributed by atoms with Gasteiger partial charge in [0, 0.05) is 29.6 Å². The van der Waals surface area contributed by atoms with Crippen LogP contribution in [0.1, 0.15) is 5.56 Å². The molecule has 2 heterocycles. The van der Waals surface area contributed by atoms with Crippen molar-refractivity contribution in [2.24, 2.45) is 0 Å². The molecule has 0 bridgehead atoms. The molecule has 4 rings (SSSR count). The maximum atomic E-state index is 13.0. The van der Waals surface area contributed by atoms with Gasteiger partial charge in [-0.1, -0.05) is 42.5 Å². The molecule has 1 amide bonds. The number of nitro groups is 1. The number of nitro benzene ring substituents is 1. The number of thiophene rings is 1. The van der Waals surface area contributed by atoms with Crippen LogP contribution in [0.3, 0.4) is 0 Å². The van der Waals surface area contributed by atoms with E-state index < -0.39 is 4.92 Å². The van der Waals surface area contributed by atoms with E-state index in [1.54, 1.807) is 17.5 Å². The van der Waals surface area contributed by atoms with Crippen LogP contribution in [0.15, 0.2) is 71.1 Å². The molecule has 0 fully saturated rings. The first-order valence-electron chi connectivity index (χ1n) is 9.05. The summed E-state index contributed by atoms with van der Waals surface area (Å²) in [6, 6.07) is 15.6. The summed E-state index contributed by atoms with van der Waals surface area (Å²) in [6.07, 6.45) is 1.35. The third-order valence-corrected chi connectivity index (χ3v) is 5.46. The fourth-order valence-electron chi connectivity index (χ4n) is 3.09. The Kier molecular flexibility index (Phi) is 5.36. The third-order valence-electron chi connectivity index (χ3n) is 4.58. The number of nitrogens with one attached hydrogen (secondary N) is 1. The Bertz CT molecular complexity index is 1300. The second-order valence-corrected chi connectivity index (χ2v) is 7.44. The van der Waals surface area contributed by atoms with Crippen LogP contribution >= 0.6 is 11.3 Å². The Hall–Kier alpha value is -3.85. The van der Waals surface area contributed by atoms with Crippen LogP contribution in [-0.2, 0) is 17.9 Å². The summed E-state index contributed by atoms with van der Waals surface area (Å²) in [4.78, 5) is 40.7. The molecule has 30 heavy (non-hydrogen) atoms. The molecular formula is C21H16N4O4S. The topological polar surface area (TPSA) is 107 Å². The summed E-state index contributed by atoms with van der Waals surface area (Å²) in [5.41, 5.74) is 1.66. The lowest BCUT2D eigenvalue weighted by Gasteiger charge is -2.08. The van der Waals surface area contributed by atoms with Gasteiger partial charge in [0.1, 0.15) is 11.4 Å². The zero-order chi connectivity index (χ0) is 21.1. The smallest absolute Gasteiger partial charge is 0.270 e. The number of rotatable bonds is 6. The molecule has 150 valence electrons. The Morgan fingerprint density at radius 2 is 1.97 bits per heavy atom. The first-order chi connectivity index (χ1) is 14.5. The van der Waals surface area contributed by atoms with Crippen molar-refractivity contribution in [2.75, 3.05) is 0 Å². The molecule has 2 aromatic carbocycles. The van der Waals surface area contributed by atoms with E-state index in [0.29, 0.717) is 27.9 Å². The molecule has 0 atom stereocenters. The molecule has 0 spiro atoms. The summed E-state index contributed by atoms with van der Waals surface area (Å²) in [5, 5.41) is 16.0. The maximum absolute atomic E-state index is 13.0. The zero-order valence-electron chi connectivity index (χ0n) is 15.6. The van der Waals surface area contributed by atoms with Crippen molar-refractivity contribution in [3.63, 3.8) is 0 Å². The number of hydrogen-bond acceptors (Lipinski definition) is 6. The SMILES string of the molecule is O=C(Cn1cnc2scc(-c3cccc([N+](=O)[O-])c3)c2c1=O)NCc1ccccc1. The van der Waals surface area contributed by atoms with Gasteiger partial charge in [-0.05, 0) is 11.1 Å². The van der Waals surface area contributed by atoms with Gasteiger partial charge in [-0.15, -0.1) is 11.3 Å². The number of carbonyl (C=O) groups is 1. The fraction of sp³-hybridized carbons (Fsp3) is 0.0952. The van der Waals surface area contributed by atoms with Gasteiger partial charge in [-0.25, -0.2) is 4.98 Å². The van der Waals surface area contributed by atoms with Crippen molar-refractivity contribution < 1.29 is 9.72 Å². The molecule has 0 saturated carbocycles. The highest BCUT2D eigenvalue weighted by Gasteiger charge is 2.16. The largest absolute Gasteiger partial charge is 0.350 e. The van der Waals surface area contributed by atoms with Crippen LogP contribution in [0.4, 0.5) is 5.69 Å². The molecule has 0 aliphatic carbocycles. The van der Waals surface area contributed by atoms with Gasteiger partial charge in [0.25, 0.3) is 11.2 Å². The highest BCUT2D eigenvalue weighted by molar-refractivity contribution is 7.17. The average Bonchev–Trinajstić information content (AvgIpc) is 3.20. The van der Waals surface area contributed by atoms with Gasteiger partial charge >= 0.3 is 0 Å². The number of non-ortho nitro benzene ring substituents is 1. The fourth-order valence-corrected chi connectivity index (χ4v) is 3.99. The summed E-state index contributed by atoms with van der Waals surface area (Å²) in [7, 11) is 0. The lowest BCUT2D eigenvalue weighted by molar-refractivity contribution is -0.384. The average molecular weight is 420 g/mol. The molecule has 1 N–H and O–H groups in total. The number of carbonyl (C=O) groups excluding carboxylic acids is 1. The standard InChI is InChI=1S/C21H16N4O4S/c26-18(22-10-14-5-2-1-3-6-14)11-24-13-23-20-19(21(24)27)17(12-30-20)15-7-4-8-16(9-15)25(28)29/h1-9,12-13H,10-11H2,(H,22,26). The van der Waals surface area contributed by atoms with E-state index in [1.807, 2.05) is 30.3 Å². The van der Waals surface area contributed by atoms with Crippen molar-refractivity contribution >= 4 is 33.1 Å². The van der Waals surface area contributed by atoms with E-state index in [-0.39, 0.29) is 23.7 Å². The normalized spacial score (nSPS) is 10.8. The van der Waals surface area contributed by atoms with Crippen molar-refractivity contribution in [1.29, 1.82) is 0 Å². The van der Waals surface area contributed by atoms with E-state index in [9.17, 15) is 19.7 Å². The number of amides is 1. The Morgan fingerprint density at radius 3 is 2.73 bits per heavy atom. The predicted octanol–water partition coefficient (Wildman–Crippen LogP) is 3.35. The molecular weight excluding hydrogens is 404 g/mol. The number of fused-ring (bicyclic) bond motifs is 1. The highest BCUT2D eigenvalue weighted by atomic mass is 32.1. The van der Waals surface area contributed by atoms with Gasteiger partial charge in [0.05, 0.1) is 16.6 Å². The van der Waals surface area contributed by atoms with E-state index in [2.05, 4.69) is 10.3 Å². The quantitative estimate of drug-likeness (QED) is 0.380. The number of nitrogens with zero attached hydrogens (tertiary/aromatic N) is 3.